The van der Waals surface area contributed by atoms with Crippen LogP contribution in [0.2, 0.25) is 0 Å². The van der Waals surface area contributed by atoms with Gasteiger partial charge in [0, 0.05) is 16.7 Å². The number of nitrogens with zero attached hydrogens (tertiary/aromatic N) is 3. The van der Waals surface area contributed by atoms with E-state index in [1.807, 2.05) is 54.0 Å². The van der Waals surface area contributed by atoms with Crippen LogP contribution in [0.1, 0.15) is 23.4 Å². The molecule has 6 heteroatoms. The zero-order chi connectivity index (χ0) is 17.1. The Morgan fingerprint density at radius 3 is 2.68 bits per heavy atom. The molecule has 2 N–H and O–H groups in total. The van der Waals surface area contributed by atoms with Crippen molar-refractivity contribution in [1.82, 2.24) is 15.6 Å². The summed E-state index contributed by atoms with van der Waals surface area (Å²) < 4.78 is 5.51. The van der Waals surface area contributed by atoms with Crippen molar-refractivity contribution in [2.24, 2.45) is 4.99 Å². The maximum Gasteiger partial charge on any atom is 0.256 e. The molecule has 1 aliphatic carbocycles. The lowest BCUT2D eigenvalue weighted by Crippen LogP contribution is -2.07. The van der Waals surface area contributed by atoms with Gasteiger partial charge in [0.15, 0.2) is 0 Å². The van der Waals surface area contributed by atoms with Crippen molar-refractivity contribution in [2.45, 2.75) is 12.8 Å². The molecule has 2 aromatic carbocycles. The Kier molecular flexibility index (Phi) is 4.10. The van der Waals surface area contributed by atoms with E-state index in [1.54, 1.807) is 0 Å². The van der Waals surface area contributed by atoms with Gasteiger partial charge >= 0.3 is 0 Å². The molecular weight excluding hydrogens is 316 g/mol. The highest BCUT2D eigenvalue weighted by Crippen LogP contribution is 2.37. The highest BCUT2D eigenvalue weighted by Gasteiger charge is 2.23. The first kappa shape index (κ1) is 15.3. The number of rotatable bonds is 4. The van der Waals surface area contributed by atoms with E-state index in [-0.39, 0.29) is 0 Å². The second kappa shape index (κ2) is 6.70. The highest BCUT2D eigenvalue weighted by molar-refractivity contribution is 5.93. The summed E-state index contributed by atoms with van der Waals surface area (Å²) >= 11 is 0. The highest BCUT2D eigenvalue weighted by atomic mass is 16.5. The summed E-state index contributed by atoms with van der Waals surface area (Å²) in [5.74, 6) is 1.00. The zero-order valence-corrected chi connectivity index (χ0v) is 13.4. The molecule has 0 bridgehead atoms. The maximum absolute atomic E-state index is 8.88. The SMILES string of the molecule is ONC=NC1=C(c2nc(-c3ccccc3)no2)CCc2ccccc21. The molecule has 0 fully saturated rings. The van der Waals surface area contributed by atoms with Crippen LogP contribution in [0.15, 0.2) is 64.1 Å². The van der Waals surface area contributed by atoms with Crippen LogP contribution in [-0.2, 0) is 6.42 Å². The third-order valence-electron chi connectivity index (χ3n) is 4.17. The van der Waals surface area contributed by atoms with Crippen LogP contribution in [0.25, 0.3) is 22.7 Å². The van der Waals surface area contributed by atoms with E-state index < -0.39 is 0 Å². The average Bonchev–Trinajstić information content (AvgIpc) is 3.16. The molecule has 0 amide bonds. The first-order valence-electron chi connectivity index (χ1n) is 8.00. The number of hydrogen-bond donors (Lipinski definition) is 2. The Morgan fingerprint density at radius 2 is 1.84 bits per heavy atom. The van der Waals surface area contributed by atoms with E-state index in [1.165, 1.54) is 11.9 Å². The van der Waals surface area contributed by atoms with Crippen molar-refractivity contribution in [3.63, 3.8) is 0 Å². The van der Waals surface area contributed by atoms with E-state index in [0.29, 0.717) is 11.7 Å². The predicted molar refractivity (Wildman–Crippen MR) is 94.7 cm³/mol. The van der Waals surface area contributed by atoms with Gasteiger partial charge in [-0.05, 0) is 18.4 Å². The molecule has 25 heavy (non-hydrogen) atoms. The Labute approximate surface area is 144 Å². The van der Waals surface area contributed by atoms with Gasteiger partial charge in [-0.25, -0.2) is 4.99 Å². The molecule has 0 saturated heterocycles. The fourth-order valence-corrected chi connectivity index (χ4v) is 3.01. The average molecular weight is 332 g/mol. The molecular formula is C19H16N4O2. The van der Waals surface area contributed by atoms with Crippen molar-refractivity contribution in [2.75, 3.05) is 0 Å². The van der Waals surface area contributed by atoms with Crippen LogP contribution < -0.4 is 5.48 Å². The standard InChI is InChI=1S/C19H16N4O2/c24-21-12-20-17-15-9-5-4-6-13(15)10-11-16(17)19-22-18(23-25-19)14-7-2-1-3-8-14/h1-9,12,24H,10-11H2,(H,20,21). The maximum atomic E-state index is 8.88. The van der Waals surface area contributed by atoms with Gasteiger partial charge in [-0.15, -0.1) is 0 Å². The number of aliphatic imine (C=N–C) groups is 1. The number of aromatic nitrogens is 2. The number of fused-ring (bicyclic) bond motifs is 1. The van der Waals surface area contributed by atoms with Crippen molar-refractivity contribution >= 4 is 17.6 Å². The summed E-state index contributed by atoms with van der Waals surface area (Å²) in [5, 5.41) is 13.0. The fourth-order valence-electron chi connectivity index (χ4n) is 3.01. The predicted octanol–water partition coefficient (Wildman–Crippen LogP) is 3.56. The van der Waals surface area contributed by atoms with Crippen LogP contribution >= 0.6 is 0 Å². The van der Waals surface area contributed by atoms with Gasteiger partial charge < -0.3 is 4.52 Å². The molecule has 1 aliphatic rings. The van der Waals surface area contributed by atoms with Gasteiger partial charge in [0.05, 0.1) is 5.70 Å². The van der Waals surface area contributed by atoms with Crippen LogP contribution in [-0.4, -0.2) is 21.7 Å². The lowest BCUT2D eigenvalue weighted by molar-refractivity contribution is 0.240. The van der Waals surface area contributed by atoms with Crippen LogP contribution in [0, 0.1) is 0 Å². The Hall–Kier alpha value is -3.25. The molecule has 6 nitrogen and oxygen atoms in total. The number of nitrogens with one attached hydrogen (secondary N) is 1. The lowest BCUT2D eigenvalue weighted by atomic mass is 9.89. The van der Waals surface area contributed by atoms with Gasteiger partial charge in [0.25, 0.3) is 5.89 Å². The van der Waals surface area contributed by atoms with Crippen molar-refractivity contribution in [3.8, 4) is 11.4 Å². The van der Waals surface area contributed by atoms with Crippen LogP contribution in [0.3, 0.4) is 0 Å². The number of hydroxylamine groups is 1. The second-order valence-corrected chi connectivity index (χ2v) is 5.66. The number of aryl methyl sites for hydroxylation is 1. The minimum atomic E-state index is 0.457. The lowest BCUT2D eigenvalue weighted by Gasteiger charge is -2.18. The van der Waals surface area contributed by atoms with Gasteiger partial charge in [0.2, 0.25) is 5.82 Å². The van der Waals surface area contributed by atoms with Gasteiger partial charge in [-0.3, -0.25) is 10.7 Å². The molecule has 0 atom stereocenters. The minimum absolute atomic E-state index is 0.457. The molecule has 0 unspecified atom stereocenters. The number of benzene rings is 2. The van der Waals surface area contributed by atoms with E-state index >= 15 is 0 Å². The van der Waals surface area contributed by atoms with Crippen molar-refractivity contribution in [3.05, 3.63) is 71.6 Å². The van der Waals surface area contributed by atoms with E-state index in [2.05, 4.69) is 21.2 Å². The van der Waals surface area contributed by atoms with Crippen molar-refractivity contribution < 1.29 is 9.73 Å². The third kappa shape index (κ3) is 2.95. The quantitative estimate of drug-likeness (QED) is 0.433. The first-order valence-corrected chi connectivity index (χ1v) is 8.00. The smallest absolute Gasteiger partial charge is 0.256 e. The summed E-state index contributed by atoms with van der Waals surface area (Å²) in [7, 11) is 0. The normalized spacial score (nSPS) is 14.0. The molecule has 3 aromatic rings. The topological polar surface area (TPSA) is 83.5 Å². The molecule has 124 valence electrons. The summed E-state index contributed by atoms with van der Waals surface area (Å²) in [4.78, 5) is 8.89. The first-order chi connectivity index (χ1) is 12.4. The fraction of sp³-hybridized carbons (Fsp3) is 0.105. The Balaban J connectivity index is 1.81. The molecule has 4 rings (SSSR count). The largest absolute Gasteiger partial charge is 0.334 e. The minimum Gasteiger partial charge on any atom is -0.334 e. The number of allylic oxidation sites excluding steroid dienone is 1. The summed E-state index contributed by atoms with van der Waals surface area (Å²) in [6.45, 7) is 0. The number of hydrogen-bond acceptors (Lipinski definition) is 5. The summed E-state index contributed by atoms with van der Waals surface area (Å²) in [5.41, 5.74) is 6.68. The van der Waals surface area contributed by atoms with Crippen LogP contribution in [0.5, 0.6) is 0 Å². The molecule has 1 heterocycles. The molecule has 0 radical (unpaired) electrons. The Morgan fingerprint density at radius 1 is 1.04 bits per heavy atom. The monoisotopic (exact) mass is 332 g/mol. The van der Waals surface area contributed by atoms with E-state index in [0.717, 1.165) is 35.2 Å². The molecule has 0 spiro atoms. The summed E-state index contributed by atoms with van der Waals surface area (Å²) in [6.07, 6.45) is 2.86. The zero-order valence-electron chi connectivity index (χ0n) is 13.4. The van der Waals surface area contributed by atoms with Gasteiger partial charge in [0.1, 0.15) is 6.34 Å². The van der Waals surface area contributed by atoms with Crippen molar-refractivity contribution in [1.29, 1.82) is 0 Å². The van der Waals surface area contributed by atoms with Gasteiger partial charge in [-0.2, -0.15) is 4.98 Å². The molecule has 0 saturated carbocycles. The van der Waals surface area contributed by atoms with E-state index in [4.69, 9.17) is 9.73 Å². The molecule has 0 aliphatic heterocycles. The van der Waals surface area contributed by atoms with E-state index in [9.17, 15) is 0 Å². The van der Waals surface area contributed by atoms with Gasteiger partial charge in [-0.1, -0.05) is 59.8 Å². The molecule has 1 aromatic heterocycles. The summed E-state index contributed by atoms with van der Waals surface area (Å²) in [6, 6.07) is 17.8. The second-order valence-electron chi connectivity index (χ2n) is 5.66. The third-order valence-corrected chi connectivity index (χ3v) is 4.17. The Bertz CT molecular complexity index is 945. The van der Waals surface area contributed by atoms with Crippen LogP contribution in [0.4, 0.5) is 0 Å².